The summed E-state index contributed by atoms with van der Waals surface area (Å²) in [6, 6.07) is 0. The van der Waals surface area contributed by atoms with Gasteiger partial charge in [-0.2, -0.15) is 5.10 Å². The number of thioether (sulfide) groups is 1. The molecule has 0 amide bonds. The summed E-state index contributed by atoms with van der Waals surface area (Å²) in [7, 11) is 0. The maximum Gasteiger partial charge on any atom is 0.317 e. The fourth-order valence-corrected chi connectivity index (χ4v) is 1.88. The van der Waals surface area contributed by atoms with Gasteiger partial charge in [0.2, 0.25) is 0 Å². The number of rotatable bonds is 6. The standard InChI is InChI=1S/C8H13N3O2S/c1-2-3-4-6(7(12)13)14-8-9-5-10-11-8/h5-6H,2-4H2,1H3,(H,12,13)(H,9,10,11). The van der Waals surface area contributed by atoms with E-state index in [1.807, 2.05) is 6.92 Å². The number of hydrogen-bond acceptors (Lipinski definition) is 4. The second-order valence-corrected chi connectivity index (χ2v) is 4.07. The van der Waals surface area contributed by atoms with Crippen molar-refractivity contribution in [1.82, 2.24) is 15.2 Å². The van der Waals surface area contributed by atoms with Gasteiger partial charge in [0.05, 0.1) is 0 Å². The average molecular weight is 215 g/mol. The Balaban J connectivity index is 2.47. The molecule has 0 aromatic carbocycles. The van der Waals surface area contributed by atoms with Crippen LogP contribution in [0.4, 0.5) is 0 Å². The monoisotopic (exact) mass is 215 g/mol. The number of carbonyl (C=O) groups is 1. The zero-order valence-corrected chi connectivity index (χ0v) is 8.75. The maximum atomic E-state index is 10.8. The van der Waals surface area contributed by atoms with Crippen molar-refractivity contribution in [1.29, 1.82) is 0 Å². The van der Waals surface area contributed by atoms with Crippen molar-refractivity contribution < 1.29 is 9.90 Å². The van der Waals surface area contributed by atoms with Crippen molar-refractivity contribution in [2.45, 2.75) is 36.6 Å². The van der Waals surface area contributed by atoms with Crippen LogP contribution in [0.25, 0.3) is 0 Å². The highest BCUT2D eigenvalue weighted by Gasteiger charge is 2.19. The second-order valence-electron chi connectivity index (χ2n) is 2.88. The van der Waals surface area contributed by atoms with Crippen molar-refractivity contribution in [2.24, 2.45) is 0 Å². The van der Waals surface area contributed by atoms with Gasteiger partial charge >= 0.3 is 5.97 Å². The van der Waals surface area contributed by atoms with Crippen molar-refractivity contribution >= 4 is 17.7 Å². The molecule has 1 heterocycles. The summed E-state index contributed by atoms with van der Waals surface area (Å²) in [6.45, 7) is 2.04. The van der Waals surface area contributed by atoms with Gasteiger partial charge in [0.1, 0.15) is 11.6 Å². The first kappa shape index (κ1) is 11.0. The summed E-state index contributed by atoms with van der Waals surface area (Å²) < 4.78 is 0. The Morgan fingerprint density at radius 1 is 1.79 bits per heavy atom. The molecule has 1 rings (SSSR count). The van der Waals surface area contributed by atoms with Gasteiger partial charge in [0.25, 0.3) is 0 Å². The topological polar surface area (TPSA) is 78.9 Å². The fourth-order valence-electron chi connectivity index (χ4n) is 1.01. The number of nitrogens with zero attached hydrogens (tertiary/aromatic N) is 2. The molecule has 6 heteroatoms. The molecule has 0 spiro atoms. The Kier molecular flexibility index (Phi) is 4.45. The molecule has 5 nitrogen and oxygen atoms in total. The highest BCUT2D eigenvalue weighted by molar-refractivity contribution is 8.00. The first-order chi connectivity index (χ1) is 6.74. The van der Waals surface area contributed by atoms with Crippen LogP contribution in [0.5, 0.6) is 0 Å². The molecule has 0 saturated heterocycles. The fraction of sp³-hybridized carbons (Fsp3) is 0.625. The average Bonchev–Trinajstić information content (AvgIpc) is 2.64. The van der Waals surface area contributed by atoms with Crippen LogP contribution in [-0.4, -0.2) is 31.5 Å². The van der Waals surface area contributed by atoms with Crippen LogP contribution in [0.3, 0.4) is 0 Å². The Morgan fingerprint density at radius 2 is 2.57 bits per heavy atom. The number of hydrogen-bond donors (Lipinski definition) is 2. The molecule has 0 aliphatic carbocycles. The molecular formula is C8H13N3O2S. The Labute approximate surface area is 86.3 Å². The number of nitrogens with one attached hydrogen (secondary N) is 1. The summed E-state index contributed by atoms with van der Waals surface area (Å²) in [5.74, 6) is -0.792. The van der Waals surface area contributed by atoms with Gasteiger partial charge in [-0.3, -0.25) is 9.89 Å². The molecule has 0 aliphatic heterocycles. The summed E-state index contributed by atoms with van der Waals surface area (Å²) in [5, 5.41) is 15.4. The SMILES string of the molecule is CCCCC(Sc1ncn[nH]1)C(=O)O. The van der Waals surface area contributed by atoms with Crippen LogP contribution in [0.2, 0.25) is 0 Å². The number of carboxylic acids is 1. The van der Waals surface area contributed by atoms with Gasteiger partial charge < -0.3 is 5.11 Å². The summed E-state index contributed by atoms with van der Waals surface area (Å²) in [4.78, 5) is 14.7. The van der Waals surface area contributed by atoms with Gasteiger partial charge in [0.15, 0.2) is 5.16 Å². The molecule has 0 bridgehead atoms. The molecule has 1 unspecified atom stereocenters. The number of H-pyrrole nitrogens is 1. The first-order valence-corrected chi connectivity index (χ1v) is 5.36. The van der Waals surface area contributed by atoms with Crippen LogP contribution in [0.15, 0.2) is 11.5 Å². The van der Waals surface area contributed by atoms with Crippen molar-refractivity contribution in [2.75, 3.05) is 0 Å². The molecule has 0 aliphatic rings. The Morgan fingerprint density at radius 3 is 3.07 bits per heavy atom. The minimum absolute atomic E-state index is 0.428. The number of aromatic nitrogens is 3. The maximum absolute atomic E-state index is 10.8. The lowest BCUT2D eigenvalue weighted by molar-refractivity contribution is -0.136. The molecule has 78 valence electrons. The first-order valence-electron chi connectivity index (χ1n) is 4.49. The smallest absolute Gasteiger partial charge is 0.317 e. The molecule has 1 aromatic rings. The lowest BCUT2D eigenvalue weighted by atomic mass is 10.2. The van der Waals surface area contributed by atoms with E-state index in [0.717, 1.165) is 12.8 Å². The third kappa shape index (κ3) is 3.37. The molecule has 0 fully saturated rings. The highest BCUT2D eigenvalue weighted by atomic mass is 32.2. The molecule has 0 radical (unpaired) electrons. The van der Waals surface area contributed by atoms with Gasteiger partial charge in [0, 0.05) is 0 Å². The molecule has 0 saturated carbocycles. The molecule has 1 aromatic heterocycles. The van der Waals surface area contributed by atoms with E-state index in [1.54, 1.807) is 0 Å². The van der Waals surface area contributed by atoms with E-state index in [-0.39, 0.29) is 0 Å². The second kappa shape index (κ2) is 5.64. The quantitative estimate of drug-likeness (QED) is 0.704. The van der Waals surface area contributed by atoms with E-state index >= 15 is 0 Å². The van der Waals surface area contributed by atoms with Gasteiger partial charge in [-0.25, -0.2) is 4.98 Å². The molecular weight excluding hydrogens is 202 g/mol. The molecule has 2 N–H and O–H groups in total. The van der Waals surface area contributed by atoms with E-state index in [0.29, 0.717) is 11.6 Å². The number of aliphatic carboxylic acids is 1. The van der Waals surface area contributed by atoms with Crippen LogP contribution >= 0.6 is 11.8 Å². The number of aromatic amines is 1. The van der Waals surface area contributed by atoms with E-state index in [9.17, 15) is 4.79 Å². The van der Waals surface area contributed by atoms with Crippen molar-refractivity contribution in [3.8, 4) is 0 Å². The Hall–Kier alpha value is -1.04. The zero-order chi connectivity index (χ0) is 10.4. The Bertz CT molecular complexity index is 276. The van der Waals surface area contributed by atoms with Crippen LogP contribution in [0, 0.1) is 0 Å². The lowest BCUT2D eigenvalue weighted by Crippen LogP contribution is -2.16. The van der Waals surface area contributed by atoms with Crippen LogP contribution in [-0.2, 0) is 4.79 Å². The molecule has 1 atom stereocenters. The van der Waals surface area contributed by atoms with Gasteiger partial charge in [-0.05, 0) is 6.42 Å². The summed E-state index contributed by atoms with van der Waals surface area (Å²) >= 11 is 1.21. The molecule has 14 heavy (non-hydrogen) atoms. The minimum Gasteiger partial charge on any atom is -0.480 e. The minimum atomic E-state index is -0.792. The highest BCUT2D eigenvalue weighted by Crippen LogP contribution is 2.23. The predicted molar refractivity (Wildman–Crippen MR) is 53.2 cm³/mol. The van der Waals surface area contributed by atoms with Gasteiger partial charge in [-0.1, -0.05) is 31.5 Å². The van der Waals surface area contributed by atoms with E-state index in [4.69, 9.17) is 5.11 Å². The normalized spacial score (nSPS) is 12.6. The van der Waals surface area contributed by atoms with Crippen LogP contribution < -0.4 is 0 Å². The van der Waals surface area contributed by atoms with Crippen molar-refractivity contribution in [3.05, 3.63) is 6.33 Å². The van der Waals surface area contributed by atoms with E-state index in [1.165, 1.54) is 18.1 Å². The number of carboxylic acid groups (broad SMARTS) is 1. The van der Waals surface area contributed by atoms with E-state index < -0.39 is 11.2 Å². The lowest BCUT2D eigenvalue weighted by Gasteiger charge is -2.08. The van der Waals surface area contributed by atoms with E-state index in [2.05, 4.69) is 15.2 Å². The summed E-state index contributed by atoms with van der Waals surface area (Å²) in [5.41, 5.74) is 0. The van der Waals surface area contributed by atoms with Crippen molar-refractivity contribution in [3.63, 3.8) is 0 Å². The summed E-state index contributed by atoms with van der Waals surface area (Å²) in [6.07, 6.45) is 3.96. The predicted octanol–water partition coefficient (Wildman–Crippen LogP) is 1.54. The van der Waals surface area contributed by atoms with Gasteiger partial charge in [-0.15, -0.1) is 0 Å². The number of unbranched alkanes of at least 4 members (excludes halogenated alkanes) is 1. The largest absolute Gasteiger partial charge is 0.480 e. The zero-order valence-electron chi connectivity index (χ0n) is 7.93. The third-order valence-electron chi connectivity index (χ3n) is 1.74. The van der Waals surface area contributed by atoms with Crippen LogP contribution in [0.1, 0.15) is 26.2 Å². The third-order valence-corrected chi connectivity index (χ3v) is 2.88.